The topological polar surface area (TPSA) is 20.2 Å². The number of rotatable bonds is 4. The predicted octanol–water partition coefficient (Wildman–Crippen LogP) is 4.34. The van der Waals surface area contributed by atoms with E-state index in [2.05, 4.69) is 6.92 Å². The van der Waals surface area contributed by atoms with Gasteiger partial charge < -0.3 is 5.11 Å². The van der Waals surface area contributed by atoms with Crippen LogP contribution >= 0.6 is 0 Å². The highest BCUT2D eigenvalue weighted by Gasteiger charge is 2.34. The number of benzene rings is 1. The van der Waals surface area contributed by atoms with Crippen LogP contribution in [0.15, 0.2) is 24.3 Å². The minimum atomic E-state index is -0.670. The van der Waals surface area contributed by atoms with Gasteiger partial charge in [-0.25, -0.2) is 4.39 Å². The Morgan fingerprint density at radius 3 is 2.26 bits per heavy atom. The maximum atomic E-state index is 12.9. The first-order valence-corrected chi connectivity index (χ1v) is 7.48. The molecular formula is C17H25FO. The normalized spacial score (nSPS) is 26.9. The average molecular weight is 264 g/mol. The zero-order valence-electron chi connectivity index (χ0n) is 12.0. The Morgan fingerprint density at radius 2 is 1.74 bits per heavy atom. The molecule has 1 aromatic rings. The zero-order valence-corrected chi connectivity index (χ0v) is 12.0. The molecule has 2 heteroatoms. The second kappa shape index (κ2) is 6.04. The summed E-state index contributed by atoms with van der Waals surface area (Å²) < 4.78 is 12.9. The van der Waals surface area contributed by atoms with Gasteiger partial charge in [-0.1, -0.05) is 38.3 Å². The van der Waals surface area contributed by atoms with Crippen molar-refractivity contribution >= 4 is 0 Å². The number of halogens is 1. The van der Waals surface area contributed by atoms with Crippen LogP contribution in [0, 0.1) is 17.7 Å². The third-order valence-electron chi connectivity index (χ3n) is 4.78. The van der Waals surface area contributed by atoms with Crippen LogP contribution in [0.5, 0.6) is 0 Å². The van der Waals surface area contributed by atoms with Crippen molar-refractivity contribution < 1.29 is 9.50 Å². The van der Waals surface area contributed by atoms with Crippen molar-refractivity contribution in [2.24, 2.45) is 11.8 Å². The Hall–Kier alpha value is -0.890. The Morgan fingerprint density at radius 1 is 1.16 bits per heavy atom. The van der Waals surface area contributed by atoms with E-state index in [0.29, 0.717) is 12.3 Å². The van der Waals surface area contributed by atoms with Gasteiger partial charge in [0.15, 0.2) is 0 Å². The first-order chi connectivity index (χ1) is 9.01. The van der Waals surface area contributed by atoms with E-state index >= 15 is 0 Å². The molecule has 0 heterocycles. The van der Waals surface area contributed by atoms with E-state index in [1.54, 1.807) is 12.1 Å². The Bertz CT molecular complexity index is 388. The van der Waals surface area contributed by atoms with Crippen LogP contribution < -0.4 is 0 Å². The fraction of sp³-hybridized carbons (Fsp3) is 0.647. The monoisotopic (exact) mass is 264 g/mol. The fourth-order valence-corrected chi connectivity index (χ4v) is 3.35. The summed E-state index contributed by atoms with van der Waals surface area (Å²) in [6, 6.07) is 6.50. The van der Waals surface area contributed by atoms with E-state index in [9.17, 15) is 9.50 Å². The van der Waals surface area contributed by atoms with Crippen molar-refractivity contribution in [1.29, 1.82) is 0 Å². The van der Waals surface area contributed by atoms with Crippen LogP contribution in [-0.4, -0.2) is 10.7 Å². The summed E-state index contributed by atoms with van der Waals surface area (Å²) in [5.74, 6) is 1.00. The highest BCUT2D eigenvalue weighted by atomic mass is 19.1. The lowest BCUT2D eigenvalue weighted by Crippen LogP contribution is -2.39. The van der Waals surface area contributed by atoms with Crippen molar-refractivity contribution in [3.63, 3.8) is 0 Å². The molecule has 1 aromatic carbocycles. The molecule has 1 unspecified atom stereocenters. The van der Waals surface area contributed by atoms with Crippen molar-refractivity contribution in [2.45, 2.75) is 58.0 Å². The van der Waals surface area contributed by atoms with Crippen LogP contribution in [0.1, 0.15) is 51.5 Å². The summed E-state index contributed by atoms with van der Waals surface area (Å²) in [5, 5.41) is 10.7. The van der Waals surface area contributed by atoms with E-state index in [0.717, 1.165) is 24.3 Å². The Labute approximate surface area is 115 Å². The summed E-state index contributed by atoms with van der Waals surface area (Å²) in [7, 11) is 0. The quantitative estimate of drug-likeness (QED) is 0.858. The minimum Gasteiger partial charge on any atom is -0.390 e. The third-order valence-corrected chi connectivity index (χ3v) is 4.78. The van der Waals surface area contributed by atoms with Gasteiger partial charge in [0, 0.05) is 6.42 Å². The van der Waals surface area contributed by atoms with Crippen LogP contribution in [0.2, 0.25) is 0 Å². The van der Waals surface area contributed by atoms with Gasteiger partial charge in [-0.3, -0.25) is 0 Å². The van der Waals surface area contributed by atoms with E-state index in [4.69, 9.17) is 0 Å². The van der Waals surface area contributed by atoms with Crippen molar-refractivity contribution in [2.75, 3.05) is 0 Å². The number of hydrogen-bond donors (Lipinski definition) is 1. The standard InChI is InChI=1S/C17H25FO/c1-3-13-4-8-15(9-5-13)17(2,19)12-14-6-10-16(18)11-7-14/h6-7,10-11,13,15,19H,3-5,8-9,12H2,1-2H3. The van der Waals surface area contributed by atoms with Crippen molar-refractivity contribution in [1.82, 2.24) is 0 Å². The van der Waals surface area contributed by atoms with Crippen LogP contribution in [0.3, 0.4) is 0 Å². The molecule has 1 saturated carbocycles. The first kappa shape index (κ1) is 14.5. The maximum absolute atomic E-state index is 12.9. The fourth-order valence-electron chi connectivity index (χ4n) is 3.35. The molecule has 0 aliphatic heterocycles. The van der Waals surface area contributed by atoms with Gasteiger partial charge in [-0.05, 0) is 49.3 Å². The van der Waals surface area contributed by atoms with E-state index in [-0.39, 0.29) is 5.82 Å². The molecule has 1 atom stereocenters. The molecule has 0 aromatic heterocycles. The van der Waals surface area contributed by atoms with Crippen molar-refractivity contribution in [3.8, 4) is 0 Å². The number of aliphatic hydroxyl groups is 1. The van der Waals surface area contributed by atoms with E-state index in [1.165, 1.54) is 31.4 Å². The SMILES string of the molecule is CCC1CCC(C(C)(O)Cc2ccc(F)cc2)CC1. The van der Waals surface area contributed by atoms with Gasteiger partial charge in [-0.15, -0.1) is 0 Å². The summed E-state index contributed by atoms with van der Waals surface area (Å²) in [6.07, 6.45) is 6.59. The maximum Gasteiger partial charge on any atom is 0.123 e. The van der Waals surface area contributed by atoms with Crippen LogP contribution in [0.4, 0.5) is 4.39 Å². The van der Waals surface area contributed by atoms with Gasteiger partial charge in [0.2, 0.25) is 0 Å². The second-order valence-corrected chi connectivity index (χ2v) is 6.29. The first-order valence-electron chi connectivity index (χ1n) is 7.48. The average Bonchev–Trinajstić information content (AvgIpc) is 2.41. The molecule has 0 saturated heterocycles. The van der Waals surface area contributed by atoms with E-state index in [1.807, 2.05) is 6.92 Å². The largest absolute Gasteiger partial charge is 0.390 e. The van der Waals surface area contributed by atoms with Gasteiger partial charge in [0.1, 0.15) is 5.82 Å². The smallest absolute Gasteiger partial charge is 0.123 e. The molecule has 0 amide bonds. The van der Waals surface area contributed by atoms with Gasteiger partial charge in [0.05, 0.1) is 5.60 Å². The summed E-state index contributed by atoms with van der Waals surface area (Å²) in [5.41, 5.74) is 0.348. The lowest BCUT2D eigenvalue weighted by Gasteiger charge is -2.38. The summed E-state index contributed by atoms with van der Waals surface area (Å²) in [6.45, 7) is 4.19. The summed E-state index contributed by atoms with van der Waals surface area (Å²) >= 11 is 0. The van der Waals surface area contributed by atoms with Crippen molar-refractivity contribution in [3.05, 3.63) is 35.6 Å². The lowest BCUT2D eigenvalue weighted by atomic mass is 9.71. The Kier molecular flexibility index (Phi) is 4.62. The molecule has 1 aliphatic rings. The predicted molar refractivity (Wildman–Crippen MR) is 76.5 cm³/mol. The molecule has 1 nitrogen and oxygen atoms in total. The van der Waals surface area contributed by atoms with Gasteiger partial charge in [-0.2, -0.15) is 0 Å². The van der Waals surface area contributed by atoms with Gasteiger partial charge >= 0.3 is 0 Å². The highest BCUT2D eigenvalue weighted by Crippen LogP contribution is 2.38. The molecular weight excluding hydrogens is 239 g/mol. The molecule has 0 radical (unpaired) electrons. The van der Waals surface area contributed by atoms with Gasteiger partial charge in [0.25, 0.3) is 0 Å². The molecule has 1 aliphatic carbocycles. The molecule has 2 rings (SSSR count). The molecule has 1 N–H and O–H groups in total. The second-order valence-electron chi connectivity index (χ2n) is 6.29. The lowest BCUT2D eigenvalue weighted by molar-refractivity contribution is -0.0220. The van der Waals surface area contributed by atoms with Crippen LogP contribution in [-0.2, 0) is 6.42 Å². The minimum absolute atomic E-state index is 0.216. The Balaban J connectivity index is 1.96. The molecule has 19 heavy (non-hydrogen) atoms. The van der Waals surface area contributed by atoms with Crippen LogP contribution in [0.25, 0.3) is 0 Å². The van der Waals surface area contributed by atoms with E-state index < -0.39 is 5.60 Å². The molecule has 1 fully saturated rings. The summed E-state index contributed by atoms with van der Waals surface area (Å²) in [4.78, 5) is 0. The highest BCUT2D eigenvalue weighted by molar-refractivity contribution is 5.18. The molecule has 0 spiro atoms. The number of hydrogen-bond acceptors (Lipinski definition) is 1. The zero-order chi connectivity index (χ0) is 13.9. The molecule has 0 bridgehead atoms. The third kappa shape index (κ3) is 3.79. The molecule has 106 valence electrons.